The van der Waals surface area contributed by atoms with Crippen LogP contribution in [0.5, 0.6) is 0 Å². The number of halogens is 1. The van der Waals surface area contributed by atoms with Crippen LogP contribution in [0, 0.1) is 11.3 Å². The van der Waals surface area contributed by atoms with E-state index in [2.05, 4.69) is 5.32 Å². The molecule has 142 valence electrons. The highest BCUT2D eigenvalue weighted by atomic mass is 35.5. The summed E-state index contributed by atoms with van der Waals surface area (Å²) in [5, 5.41) is 11.8. The number of nitrogens with zero attached hydrogens (tertiary/aromatic N) is 2. The number of nitrogens with one attached hydrogen (secondary N) is 1. The zero-order valence-corrected chi connectivity index (χ0v) is 15.6. The summed E-state index contributed by atoms with van der Waals surface area (Å²) in [6, 6.07) is 14.1. The van der Waals surface area contributed by atoms with Gasteiger partial charge < -0.3 is 9.73 Å². The van der Waals surface area contributed by atoms with E-state index in [0.717, 1.165) is 4.90 Å². The van der Waals surface area contributed by atoms with Gasteiger partial charge in [-0.05, 0) is 48.5 Å². The Morgan fingerprint density at radius 1 is 1.10 bits per heavy atom. The Hall–Kier alpha value is -3.89. The number of benzene rings is 2. The lowest BCUT2D eigenvalue weighted by Gasteiger charge is -2.11. The van der Waals surface area contributed by atoms with Crippen LogP contribution in [0.4, 0.5) is 5.69 Å². The number of furan rings is 1. The lowest BCUT2D eigenvalue weighted by molar-refractivity contribution is 0.0631. The smallest absolute Gasteiger partial charge is 0.261 e. The molecular weight excluding hydrogens is 394 g/mol. The molecule has 0 atom stereocenters. The third kappa shape index (κ3) is 3.37. The van der Waals surface area contributed by atoms with E-state index >= 15 is 0 Å². The van der Waals surface area contributed by atoms with E-state index in [9.17, 15) is 14.4 Å². The fourth-order valence-corrected chi connectivity index (χ4v) is 3.24. The highest BCUT2D eigenvalue weighted by Gasteiger charge is 2.36. The lowest BCUT2D eigenvalue weighted by Crippen LogP contribution is -2.28. The molecule has 2 heterocycles. The average Bonchev–Trinajstić information content (AvgIpc) is 3.31. The van der Waals surface area contributed by atoms with Crippen LogP contribution in [0.15, 0.2) is 59.2 Å². The standard InChI is InChI=1S/C21H12ClN3O4/c22-18-9-14(5-3-13(18)10-23)24-19(26)12-4-6-16-17(8-12)21(28)25(20(16)27)11-15-2-1-7-29-15/h1-9H,11H2,(H,24,26). The van der Waals surface area contributed by atoms with Crippen molar-refractivity contribution in [3.05, 3.63) is 87.8 Å². The quantitative estimate of drug-likeness (QED) is 0.664. The van der Waals surface area contributed by atoms with Crippen molar-refractivity contribution in [2.45, 2.75) is 6.54 Å². The van der Waals surface area contributed by atoms with Gasteiger partial charge in [-0.15, -0.1) is 0 Å². The summed E-state index contributed by atoms with van der Waals surface area (Å²) in [4.78, 5) is 38.8. The molecule has 0 aliphatic carbocycles. The van der Waals surface area contributed by atoms with Gasteiger partial charge in [0, 0.05) is 11.3 Å². The topological polar surface area (TPSA) is 103 Å². The molecule has 3 aromatic rings. The average molecular weight is 406 g/mol. The number of fused-ring (bicyclic) bond motifs is 1. The molecule has 0 fully saturated rings. The van der Waals surface area contributed by atoms with E-state index in [4.69, 9.17) is 21.3 Å². The van der Waals surface area contributed by atoms with Crippen LogP contribution in [-0.4, -0.2) is 22.6 Å². The number of imide groups is 1. The highest BCUT2D eigenvalue weighted by Crippen LogP contribution is 2.26. The first-order valence-electron chi connectivity index (χ1n) is 8.51. The molecule has 7 nitrogen and oxygen atoms in total. The Bertz CT molecular complexity index is 1200. The lowest BCUT2D eigenvalue weighted by atomic mass is 10.1. The van der Waals surface area contributed by atoms with E-state index in [-0.39, 0.29) is 28.3 Å². The van der Waals surface area contributed by atoms with E-state index in [1.165, 1.54) is 36.6 Å². The first kappa shape index (κ1) is 18.5. The predicted molar refractivity (Wildman–Crippen MR) is 103 cm³/mol. The second kappa shape index (κ2) is 7.26. The number of carbonyl (C=O) groups excluding carboxylic acids is 3. The van der Waals surface area contributed by atoms with Gasteiger partial charge >= 0.3 is 0 Å². The third-order valence-corrected chi connectivity index (χ3v) is 4.79. The molecule has 4 rings (SSSR count). The molecule has 2 aromatic carbocycles. The van der Waals surface area contributed by atoms with Crippen molar-refractivity contribution in [3.8, 4) is 6.07 Å². The van der Waals surface area contributed by atoms with Gasteiger partial charge in [-0.25, -0.2) is 0 Å². The van der Waals surface area contributed by atoms with Crippen LogP contribution in [0.3, 0.4) is 0 Å². The van der Waals surface area contributed by atoms with Crippen molar-refractivity contribution >= 4 is 35.0 Å². The fourth-order valence-electron chi connectivity index (χ4n) is 3.02. The Morgan fingerprint density at radius 2 is 1.90 bits per heavy atom. The molecular formula is C21H12ClN3O4. The molecule has 0 radical (unpaired) electrons. The van der Waals surface area contributed by atoms with Gasteiger partial charge in [0.2, 0.25) is 0 Å². The summed E-state index contributed by atoms with van der Waals surface area (Å²) >= 11 is 5.98. The largest absolute Gasteiger partial charge is 0.467 e. The minimum atomic E-state index is -0.488. The van der Waals surface area contributed by atoms with E-state index < -0.39 is 17.7 Å². The van der Waals surface area contributed by atoms with Crippen molar-refractivity contribution in [3.63, 3.8) is 0 Å². The first-order chi connectivity index (χ1) is 14.0. The maximum Gasteiger partial charge on any atom is 0.261 e. The van der Waals surface area contributed by atoms with Gasteiger partial charge in [-0.2, -0.15) is 5.26 Å². The Kier molecular flexibility index (Phi) is 4.63. The SMILES string of the molecule is N#Cc1ccc(NC(=O)c2ccc3c(c2)C(=O)N(Cc2ccco2)C3=O)cc1Cl. The van der Waals surface area contributed by atoms with Gasteiger partial charge in [0.1, 0.15) is 11.8 Å². The number of nitriles is 1. The normalized spacial score (nSPS) is 12.6. The maximum atomic E-state index is 12.7. The number of rotatable bonds is 4. The Balaban J connectivity index is 1.56. The Morgan fingerprint density at radius 3 is 2.59 bits per heavy atom. The van der Waals surface area contributed by atoms with E-state index in [0.29, 0.717) is 17.0 Å². The number of hydrogen-bond acceptors (Lipinski definition) is 5. The zero-order chi connectivity index (χ0) is 20.5. The van der Waals surface area contributed by atoms with Gasteiger partial charge in [0.05, 0.1) is 34.5 Å². The van der Waals surface area contributed by atoms with E-state index in [1.807, 2.05) is 6.07 Å². The summed E-state index contributed by atoms with van der Waals surface area (Å²) in [6.45, 7) is 0.0185. The van der Waals surface area contributed by atoms with Crippen molar-refractivity contribution < 1.29 is 18.8 Å². The van der Waals surface area contributed by atoms with Gasteiger partial charge in [0.25, 0.3) is 17.7 Å². The second-order valence-electron chi connectivity index (χ2n) is 6.30. The predicted octanol–water partition coefficient (Wildman–Crippen LogP) is 3.85. The molecule has 0 bridgehead atoms. The fraction of sp³-hybridized carbons (Fsp3) is 0.0476. The van der Waals surface area contributed by atoms with Crippen molar-refractivity contribution in [2.24, 2.45) is 0 Å². The molecule has 0 unspecified atom stereocenters. The summed E-state index contributed by atoms with van der Waals surface area (Å²) in [6.07, 6.45) is 1.46. The molecule has 1 aromatic heterocycles. The maximum absolute atomic E-state index is 12.7. The summed E-state index contributed by atoms with van der Waals surface area (Å²) in [7, 11) is 0. The van der Waals surface area contributed by atoms with Crippen molar-refractivity contribution in [1.29, 1.82) is 5.26 Å². The molecule has 1 aliphatic rings. The zero-order valence-electron chi connectivity index (χ0n) is 14.8. The Labute approximate surface area is 170 Å². The van der Waals surface area contributed by atoms with Crippen LogP contribution in [0.1, 0.15) is 42.4 Å². The third-order valence-electron chi connectivity index (χ3n) is 4.47. The molecule has 1 N–H and O–H groups in total. The van der Waals surface area contributed by atoms with Crippen molar-refractivity contribution in [2.75, 3.05) is 5.32 Å². The van der Waals surface area contributed by atoms with Crippen LogP contribution in [0.25, 0.3) is 0 Å². The highest BCUT2D eigenvalue weighted by molar-refractivity contribution is 6.32. The number of anilines is 1. The summed E-state index contributed by atoms with van der Waals surface area (Å²) < 4.78 is 5.20. The minimum absolute atomic E-state index is 0.0185. The summed E-state index contributed by atoms with van der Waals surface area (Å²) in [5.41, 5.74) is 1.31. The molecule has 0 saturated heterocycles. The number of hydrogen-bond donors (Lipinski definition) is 1. The molecule has 3 amide bonds. The van der Waals surface area contributed by atoms with Crippen LogP contribution < -0.4 is 5.32 Å². The second-order valence-corrected chi connectivity index (χ2v) is 6.70. The molecule has 1 aliphatic heterocycles. The molecule has 8 heteroatoms. The molecule has 0 spiro atoms. The van der Waals surface area contributed by atoms with E-state index in [1.54, 1.807) is 18.2 Å². The monoisotopic (exact) mass is 405 g/mol. The first-order valence-corrected chi connectivity index (χ1v) is 8.89. The van der Waals surface area contributed by atoms with Gasteiger partial charge in [-0.3, -0.25) is 19.3 Å². The minimum Gasteiger partial charge on any atom is -0.467 e. The molecule has 0 saturated carbocycles. The van der Waals surface area contributed by atoms with Crippen LogP contribution in [0.2, 0.25) is 5.02 Å². The number of amides is 3. The van der Waals surface area contributed by atoms with Crippen LogP contribution >= 0.6 is 11.6 Å². The molecule has 29 heavy (non-hydrogen) atoms. The number of carbonyl (C=O) groups is 3. The van der Waals surface area contributed by atoms with Crippen LogP contribution in [-0.2, 0) is 6.54 Å². The van der Waals surface area contributed by atoms with Crippen molar-refractivity contribution in [1.82, 2.24) is 4.90 Å². The summed E-state index contributed by atoms with van der Waals surface area (Å²) in [5.74, 6) is -0.918. The van der Waals surface area contributed by atoms with Gasteiger partial charge in [0.15, 0.2) is 0 Å². The van der Waals surface area contributed by atoms with Gasteiger partial charge in [-0.1, -0.05) is 11.6 Å².